The molecule has 0 spiro atoms. The lowest BCUT2D eigenvalue weighted by atomic mass is 9.96. The van der Waals surface area contributed by atoms with Gasteiger partial charge in [-0.05, 0) is 51.0 Å². The molecular weight excluding hydrogens is 302 g/mol. The molecule has 128 valence electrons. The Labute approximate surface area is 143 Å². The molecule has 0 bridgehead atoms. The predicted octanol–water partition coefficient (Wildman–Crippen LogP) is 4.15. The van der Waals surface area contributed by atoms with Gasteiger partial charge in [0.15, 0.2) is 5.82 Å². The van der Waals surface area contributed by atoms with Gasteiger partial charge in [-0.15, -0.1) is 5.10 Å². The first-order valence-corrected chi connectivity index (χ1v) is 8.69. The van der Waals surface area contributed by atoms with Crippen LogP contribution in [0.4, 0.5) is 17.5 Å². The third-order valence-corrected chi connectivity index (χ3v) is 4.00. The van der Waals surface area contributed by atoms with Crippen molar-refractivity contribution in [3.05, 3.63) is 30.5 Å². The van der Waals surface area contributed by atoms with Gasteiger partial charge >= 0.3 is 0 Å². The topological polar surface area (TPSA) is 72.0 Å². The van der Waals surface area contributed by atoms with Crippen LogP contribution in [0.2, 0.25) is 0 Å². The van der Waals surface area contributed by atoms with Gasteiger partial charge in [0.2, 0.25) is 5.95 Å². The molecule has 1 heterocycles. The molecule has 1 fully saturated rings. The molecule has 24 heavy (non-hydrogen) atoms. The molecule has 1 saturated carbocycles. The van der Waals surface area contributed by atoms with Crippen LogP contribution in [0.3, 0.4) is 0 Å². The molecule has 1 aromatic carbocycles. The van der Waals surface area contributed by atoms with Crippen molar-refractivity contribution in [2.24, 2.45) is 0 Å². The molecule has 0 amide bonds. The van der Waals surface area contributed by atoms with Crippen molar-refractivity contribution in [3.63, 3.8) is 0 Å². The highest BCUT2D eigenvalue weighted by Crippen LogP contribution is 2.22. The van der Waals surface area contributed by atoms with E-state index in [1.807, 2.05) is 38.1 Å². The summed E-state index contributed by atoms with van der Waals surface area (Å²) in [5.41, 5.74) is 0.940. The van der Waals surface area contributed by atoms with E-state index in [1.54, 1.807) is 6.20 Å². The minimum absolute atomic E-state index is 0.170. The monoisotopic (exact) mass is 327 g/mol. The van der Waals surface area contributed by atoms with Gasteiger partial charge in [0.05, 0.1) is 12.3 Å². The zero-order valence-electron chi connectivity index (χ0n) is 14.3. The number of anilines is 3. The minimum Gasteiger partial charge on any atom is -0.491 e. The van der Waals surface area contributed by atoms with Crippen molar-refractivity contribution in [2.75, 3.05) is 10.6 Å². The highest BCUT2D eigenvalue weighted by atomic mass is 16.5. The van der Waals surface area contributed by atoms with E-state index in [4.69, 9.17) is 4.74 Å². The van der Waals surface area contributed by atoms with Gasteiger partial charge in [0.1, 0.15) is 5.75 Å². The van der Waals surface area contributed by atoms with Crippen LogP contribution >= 0.6 is 0 Å². The quantitative estimate of drug-likeness (QED) is 0.830. The van der Waals surface area contributed by atoms with Crippen molar-refractivity contribution in [3.8, 4) is 5.75 Å². The molecule has 1 aromatic heterocycles. The Bertz CT molecular complexity index is 638. The van der Waals surface area contributed by atoms with E-state index in [2.05, 4.69) is 25.8 Å². The highest BCUT2D eigenvalue weighted by Gasteiger charge is 2.14. The molecule has 0 atom stereocenters. The Morgan fingerprint density at radius 3 is 2.54 bits per heavy atom. The Morgan fingerprint density at radius 1 is 1.08 bits per heavy atom. The molecule has 1 aliphatic carbocycles. The SMILES string of the molecule is CC(C)Oc1ccc(Nc2cnnc(NC3CCCCC3)n2)cc1. The summed E-state index contributed by atoms with van der Waals surface area (Å²) in [5, 5.41) is 14.8. The van der Waals surface area contributed by atoms with Crippen LogP contribution in [0.15, 0.2) is 30.5 Å². The van der Waals surface area contributed by atoms with Crippen LogP contribution < -0.4 is 15.4 Å². The molecule has 1 aliphatic rings. The van der Waals surface area contributed by atoms with E-state index in [9.17, 15) is 0 Å². The van der Waals surface area contributed by atoms with E-state index in [0.717, 1.165) is 11.4 Å². The molecule has 6 nitrogen and oxygen atoms in total. The molecule has 2 N–H and O–H groups in total. The number of nitrogens with one attached hydrogen (secondary N) is 2. The molecule has 6 heteroatoms. The fourth-order valence-electron chi connectivity index (χ4n) is 2.89. The van der Waals surface area contributed by atoms with Gasteiger partial charge in [-0.1, -0.05) is 19.3 Å². The largest absolute Gasteiger partial charge is 0.491 e. The molecule has 3 rings (SSSR count). The zero-order valence-corrected chi connectivity index (χ0v) is 14.3. The maximum atomic E-state index is 5.65. The van der Waals surface area contributed by atoms with E-state index in [0.29, 0.717) is 17.8 Å². The van der Waals surface area contributed by atoms with Crippen LogP contribution in [0.5, 0.6) is 5.75 Å². The third kappa shape index (κ3) is 4.81. The van der Waals surface area contributed by atoms with Gasteiger partial charge < -0.3 is 15.4 Å². The summed E-state index contributed by atoms with van der Waals surface area (Å²) >= 11 is 0. The average molecular weight is 327 g/mol. The van der Waals surface area contributed by atoms with Crippen molar-refractivity contribution in [1.82, 2.24) is 15.2 Å². The molecule has 2 aromatic rings. The summed E-state index contributed by atoms with van der Waals surface area (Å²) in [6.45, 7) is 4.03. The molecule has 0 aliphatic heterocycles. The van der Waals surface area contributed by atoms with Crippen LogP contribution in [-0.4, -0.2) is 27.3 Å². The fourth-order valence-corrected chi connectivity index (χ4v) is 2.89. The predicted molar refractivity (Wildman–Crippen MR) is 95.8 cm³/mol. The van der Waals surface area contributed by atoms with Gasteiger partial charge in [-0.3, -0.25) is 0 Å². The van der Waals surface area contributed by atoms with Gasteiger partial charge in [-0.2, -0.15) is 10.1 Å². The average Bonchev–Trinajstić information content (AvgIpc) is 2.57. The highest BCUT2D eigenvalue weighted by molar-refractivity contribution is 5.57. The first-order valence-electron chi connectivity index (χ1n) is 8.69. The van der Waals surface area contributed by atoms with Gasteiger partial charge in [-0.25, -0.2) is 0 Å². The molecule has 0 unspecified atom stereocenters. The van der Waals surface area contributed by atoms with Crippen molar-refractivity contribution in [2.45, 2.75) is 58.1 Å². The van der Waals surface area contributed by atoms with E-state index < -0.39 is 0 Å². The Hall–Kier alpha value is -2.37. The van der Waals surface area contributed by atoms with Crippen LogP contribution in [0.25, 0.3) is 0 Å². The molecule has 0 radical (unpaired) electrons. The van der Waals surface area contributed by atoms with E-state index in [1.165, 1.54) is 32.1 Å². The lowest BCUT2D eigenvalue weighted by Gasteiger charge is -2.22. The summed E-state index contributed by atoms with van der Waals surface area (Å²) < 4.78 is 5.65. The first-order chi connectivity index (χ1) is 11.7. The summed E-state index contributed by atoms with van der Waals surface area (Å²) in [6.07, 6.45) is 8.03. The van der Waals surface area contributed by atoms with Gasteiger partial charge in [0, 0.05) is 11.7 Å². The van der Waals surface area contributed by atoms with Gasteiger partial charge in [0.25, 0.3) is 0 Å². The normalized spacial score (nSPS) is 15.3. The van der Waals surface area contributed by atoms with Crippen LogP contribution in [0.1, 0.15) is 46.0 Å². The van der Waals surface area contributed by atoms with Crippen molar-refractivity contribution in [1.29, 1.82) is 0 Å². The lowest BCUT2D eigenvalue weighted by molar-refractivity contribution is 0.242. The molecule has 0 saturated heterocycles. The minimum atomic E-state index is 0.170. The maximum Gasteiger partial charge on any atom is 0.244 e. The van der Waals surface area contributed by atoms with Crippen LogP contribution in [-0.2, 0) is 0 Å². The first kappa shape index (κ1) is 16.5. The number of rotatable bonds is 6. The summed E-state index contributed by atoms with van der Waals surface area (Å²) in [7, 11) is 0. The van der Waals surface area contributed by atoms with Crippen LogP contribution in [0, 0.1) is 0 Å². The Morgan fingerprint density at radius 2 is 1.83 bits per heavy atom. The number of aromatic nitrogens is 3. The Balaban J connectivity index is 1.61. The second-order valence-corrected chi connectivity index (χ2v) is 6.46. The summed E-state index contributed by atoms with van der Waals surface area (Å²) in [6, 6.07) is 8.28. The van der Waals surface area contributed by atoms with Crippen molar-refractivity contribution >= 4 is 17.5 Å². The fraction of sp³-hybridized carbons (Fsp3) is 0.500. The van der Waals surface area contributed by atoms with E-state index in [-0.39, 0.29) is 6.10 Å². The smallest absolute Gasteiger partial charge is 0.244 e. The maximum absolute atomic E-state index is 5.65. The lowest BCUT2D eigenvalue weighted by Crippen LogP contribution is -2.23. The van der Waals surface area contributed by atoms with Crippen molar-refractivity contribution < 1.29 is 4.74 Å². The second kappa shape index (κ2) is 7.95. The number of nitrogens with zero attached hydrogens (tertiary/aromatic N) is 3. The second-order valence-electron chi connectivity index (χ2n) is 6.46. The van der Waals surface area contributed by atoms with E-state index >= 15 is 0 Å². The molecular formula is C18H25N5O. The number of hydrogen-bond donors (Lipinski definition) is 2. The summed E-state index contributed by atoms with van der Waals surface area (Å²) in [5.74, 6) is 2.13. The number of ether oxygens (including phenoxy) is 1. The standard InChI is InChI=1S/C18H25N5O/c1-13(2)24-16-10-8-15(9-11-16)20-17-12-19-23-18(22-17)21-14-6-4-3-5-7-14/h8-14H,3-7H2,1-2H3,(H2,20,21,22,23). The third-order valence-electron chi connectivity index (χ3n) is 4.00. The zero-order chi connectivity index (χ0) is 16.8. The number of hydrogen-bond acceptors (Lipinski definition) is 6. The Kier molecular flexibility index (Phi) is 5.46. The summed E-state index contributed by atoms with van der Waals surface area (Å²) in [4.78, 5) is 4.51. The number of benzene rings is 1.